The van der Waals surface area contributed by atoms with Gasteiger partial charge in [0.15, 0.2) is 11.5 Å². The van der Waals surface area contributed by atoms with Crippen molar-refractivity contribution in [3.63, 3.8) is 0 Å². The standard InChI is InChI=1S/C22H23N7O3/c1-13(30)24-14-5-7-15(8-6-14)25-21-16-11-18(31-3)19(32-4)12-17(16)26-22(28-21)27-20-9-10-23-29(20)2/h5-12H,1-4H3,(H,24,30)(H2,25,26,27,28). The number of carbonyl (C=O) groups is 1. The molecule has 0 fully saturated rings. The molecular weight excluding hydrogens is 410 g/mol. The first kappa shape index (κ1) is 20.9. The van der Waals surface area contributed by atoms with Crippen LogP contribution in [0.5, 0.6) is 11.5 Å². The Labute approximate surface area is 184 Å². The summed E-state index contributed by atoms with van der Waals surface area (Å²) in [5.41, 5.74) is 2.17. The summed E-state index contributed by atoms with van der Waals surface area (Å²) in [6.45, 7) is 1.47. The highest BCUT2D eigenvalue weighted by molar-refractivity contribution is 5.94. The predicted molar refractivity (Wildman–Crippen MR) is 123 cm³/mol. The highest BCUT2D eigenvalue weighted by Gasteiger charge is 2.14. The van der Waals surface area contributed by atoms with Crippen molar-refractivity contribution in [2.75, 3.05) is 30.2 Å². The first-order valence-corrected chi connectivity index (χ1v) is 9.80. The summed E-state index contributed by atoms with van der Waals surface area (Å²) in [7, 11) is 4.99. The molecule has 2 aromatic carbocycles. The van der Waals surface area contributed by atoms with Gasteiger partial charge in [0.25, 0.3) is 0 Å². The van der Waals surface area contributed by atoms with Crippen molar-refractivity contribution < 1.29 is 14.3 Å². The molecule has 2 aromatic heterocycles. The van der Waals surface area contributed by atoms with E-state index in [9.17, 15) is 4.79 Å². The number of hydrogen-bond donors (Lipinski definition) is 3. The smallest absolute Gasteiger partial charge is 0.230 e. The zero-order valence-corrected chi connectivity index (χ0v) is 18.1. The van der Waals surface area contributed by atoms with E-state index in [0.29, 0.717) is 34.5 Å². The van der Waals surface area contributed by atoms with E-state index in [4.69, 9.17) is 9.47 Å². The van der Waals surface area contributed by atoms with Crippen molar-refractivity contribution in [3.8, 4) is 11.5 Å². The maximum absolute atomic E-state index is 11.3. The molecule has 1 amide bonds. The van der Waals surface area contributed by atoms with Gasteiger partial charge in [-0.3, -0.25) is 9.48 Å². The summed E-state index contributed by atoms with van der Waals surface area (Å²) in [6, 6.07) is 12.8. The highest BCUT2D eigenvalue weighted by atomic mass is 16.5. The molecule has 0 radical (unpaired) electrons. The zero-order chi connectivity index (χ0) is 22.7. The molecule has 10 nitrogen and oxygen atoms in total. The minimum Gasteiger partial charge on any atom is -0.493 e. The van der Waals surface area contributed by atoms with Crippen molar-refractivity contribution in [3.05, 3.63) is 48.7 Å². The summed E-state index contributed by atoms with van der Waals surface area (Å²) >= 11 is 0. The third kappa shape index (κ3) is 4.38. The Balaban J connectivity index is 1.77. The van der Waals surface area contributed by atoms with Crippen LogP contribution in [0, 0.1) is 0 Å². The van der Waals surface area contributed by atoms with E-state index in [2.05, 4.69) is 31.0 Å². The molecule has 0 aliphatic carbocycles. The van der Waals surface area contributed by atoms with Gasteiger partial charge < -0.3 is 25.4 Å². The fourth-order valence-electron chi connectivity index (χ4n) is 3.19. The average molecular weight is 433 g/mol. The molecule has 0 unspecified atom stereocenters. The molecule has 0 aliphatic heterocycles. The number of anilines is 5. The first-order chi connectivity index (χ1) is 15.5. The molecule has 0 atom stereocenters. The van der Waals surface area contributed by atoms with E-state index in [1.807, 2.05) is 43.4 Å². The lowest BCUT2D eigenvalue weighted by Gasteiger charge is -2.15. The molecule has 4 rings (SSSR count). The van der Waals surface area contributed by atoms with Crippen LogP contribution in [0.4, 0.5) is 29.0 Å². The minimum atomic E-state index is -0.126. The maximum atomic E-state index is 11.3. The van der Waals surface area contributed by atoms with Crippen LogP contribution in [0.25, 0.3) is 10.9 Å². The van der Waals surface area contributed by atoms with E-state index >= 15 is 0 Å². The van der Waals surface area contributed by atoms with Gasteiger partial charge in [-0.1, -0.05) is 0 Å². The normalized spacial score (nSPS) is 10.6. The topological polar surface area (TPSA) is 115 Å². The van der Waals surface area contributed by atoms with E-state index in [1.165, 1.54) is 6.92 Å². The van der Waals surface area contributed by atoms with E-state index in [1.54, 1.807) is 31.2 Å². The lowest BCUT2D eigenvalue weighted by atomic mass is 10.2. The van der Waals surface area contributed by atoms with Crippen LogP contribution in [0.15, 0.2) is 48.7 Å². The van der Waals surface area contributed by atoms with E-state index in [0.717, 1.165) is 16.9 Å². The number of rotatable bonds is 7. The SMILES string of the molecule is COc1cc2nc(Nc3ccnn3C)nc(Nc3ccc(NC(C)=O)cc3)c2cc1OC. The molecule has 164 valence electrons. The van der Waals surface area contributed by atoms with Gasteiger partial charge in [0.2, 0.25) is 11.9 Å². The Morgan fingerprint density at radius 2 is 1.62 bits per heavy atom. The molecule has 0 bridgehead atoms. The maximum Gasteiger partial charge on any atom is 0.230 e. The van der Waals surface area contributed by atoms with Gasteiger partial charge >= 0.3 is 0 Å². The van der Waals surface area contributed by atoms with Crippen LogP contribution in [0.2, 0.25) is 0 Å². The summed E-state index contributed by atoms with van der Waals surface area (Å²) in [5.74, 6) is 2.73. The van der Waals surface area contributed by atoms with Gasteiger partial charge in [0.05, 0.1) is 25.9 Å². The second kappa shape index (κ2) is 8.80. The van der Waals surface area contributed by atoms with Gasteiger partial charge in [0, 0.05) is 42.9 Å². The fourth-order valence-corrected chi connectivity index (χ4v) is 3.19. The first-order valence-electron chi connectivity index (χ1n) is 9.80. The van der Waals surface area contributed by atoms with Crippen molar-refractivity contribution in [1.29, 1.82) is 0 Å². The quantitative estimate of drug-likeness (QED) is 0.403. The van der Waals surface area contributed by atoms with Gasteiger partial charge in [-0.2, -0.15) is 10.1 Å². The van der Waals surface area contributed by atoms with Crippen LogP contribution < -0.4 is 25.4 Å². The monoisotopic (exact) mass is 433 g/mol. The Kier molecular flexibility index (Phi) is 5.75. The summed E-state index contributed by atoms with van der Waals surface area (Å²) < 4.78 is 12.6. The second-order valence-electron chi connectivity index (χ2n) is 6.97. The summed E-state index contributed by atoms with van der Waals surface area (Å²) in [6.07, 6.45) is 1.69. The third-order valence-electron chi connectivity index (χ3n) is 4.73. The number of hydrogen-bond acceptors (Lipinski definition) is 8. The third-order valence-corrected chi connectivity index (χ3v) is 4.73. The molecule has 2 heterocycles. The van der Waals surface area contributed by atoms with Crippen molar-refractivity contribution >= 4 is 45.8 Å². The highest BCUT2D eigenvalue weighted by Crippen LogP contribution is 2.36. The molecule has 4 aromatic rings. The lowest BCUT2D eigenvalue weighted by Crippen LogP contribution is -2.06. The van der Waals surface area contributed by atoms with Gasteiger partial charge in [-0.25, -0.2) is 4.98 Å². The number of nitrogens with zero attached hydrogens (tertiary/aromatic N) is 4. The number of amides is 1. The minimum absolute atomic E-state index is 0.126. The second-order valence-corrected chi connectivity index (χ2v) is 6.97. The molecule has 32 heavy (non-hydrogen) atoms. The molecule has 10 heteroatoms. The summed E-state index contributed by atoms with van der Waals surface area (Å²) in [5, 5.41) is 14.2. The number of benzene rings is 2. The number of fused-ring (bicyclic) bond motifs is 1. The van der Waals surface area contributed by atoms with Crippen LogP contribution >= 0.6 is 0 Å². The van der Waals surface area contributed by atoms with E-state index < -0.39 is 0 Å². The largest absolute Gasteiger partial charge is 0.493 e. The zero-order valence-electron chi connectivity index (χ0n) is 18.1. The molecular formula is C22H23N7O3. The summed E-state index contributed by atoms with van der Waals surface area (Å²) in [4.78, 5) is 20.6. The Bertz CT molecular complexity index is 1270. The van der Waals surface area contributed by atoms with Crippen LogP contribution in [-0.4, -0.2) is 39.9 Å². The average Bonchev–Trinajstić information content (AvgIpc) is 3.18. The number of carbonyl (C=O) groups excluding carboxylic acids is 1. The van der Waals surface area contributed by atoms with Crippen LogP contribution in [-0.2, 0) is 11.8 Å². The Hall–Kier alpha value is -4.34. The van der Waals surface area contributed by atoms with Crippen molar-refractivity contribution in [2.24, 2.45) is 7.05 Å². The molecule has 0 saturated heterocycles. The molecule has 0 saturated carbocycles. The molecule has 0 spiro atoms. The predicted octanol–water partition coefficient (Wildman–Crippen LogP) is 3.83. The number of nitrogens with one attached hydrogen (secondary N) is 3. The molecule has 3 N–H and O–H groups in total. The number of methoxy groups -OCH3 is 2. The Morgan fingerprint density at radius 1 is 0.938 bits per heavy atom. The fraction of sp³-hybridized carbons (Fsp3) is 0.182. The lowest BCUT2D eigenvalue weighted by molar-refractivity contribution is -0.114. The molecule has 0 aliphatic rings. The van der Waals surface area contributed by atoms with Gasteiger partial charge in [-0.15, -0.1) is 0 Å². The van der Waals surface area contributed by atoms with E-state index in [-0.39, 0.29) is 5.91 Å². The van der Waals surface area contributed by atoms with Crippen LogP contribution in [0.1, 0.15) is 6.92 Å². The van der Waals surface area contributed by atoms with Crippen molar-refractivity contribution in [2.45, 2.75) is 6.92 Å². The van der Waals surface area contributed by atoms with Crippen molar-refractivity contribution in [1.82, 2.24) is 19.7 Å². The number of aromatic nitrogens is 4. The number of ether oxygens (including phenoxy) is 2. The Morgan fingerprint density at radius 3 is 2.25 bits per heavy atom. The van der Waals surface area contributed by atoms with Gasteiger partial charge in [0.1, 0.15) is 11.6 Å². The van der Waals surface area contributed by atoms with Gasteiger partial charge in [-0.05, 0) is 30.3 Å². The van der Waals surface area contributed by atoms with Crippen LogP contribution in [0.3, 0.4) is 0 Å². The number of aryl methyl sites for hydroxylation is 1.